The lowest BCUT2D eigenvalue weighted by Gasteiger charge is -2.03. The van der Waals surface area contributed by atoms with Crippen molar-refractivity contribution in [2.75, 3.05) is 0 Å². The van der Waals surface area contributed by atoms with Crippen LogP contribution in [-0.4, -0.2) is 9.97 Å². The third kappa shape index (κ3) is 4.95. The monoisotopic (exact) mass is 518 g/mol. The molecule has 1 aromatic carbocycles. The van der Waals surface area contributed by atoms with E-state index in [1.54, 1.807) is 42.6 Å². The zero-order valence-corrected chi connectivity index (χ0v) is 17.1. The van der Waals surface area contributed by atoms with E-state index in [0.29, 0.717) is 16.3 Å². The third-order valence-electron chi connectivity index (χ3n) is 3.28. The molecule has 0 spiro atoms. The summed E-state index contributed by atoms with van der Waals surface area (Å²) in [4.78, 5) is 4.99. The molecule has 0 aliphatic rings. The molecule has 2 N–H and O–H groups in total. The fourth-order valence-corrected chi connectivity index (χ4v) is 3.12. The number of nitriles is 2. The second-order valence-electron chi connectivity index (χ2n) is 4.99. The fourth-order valence-electron chi connectivity index (χ4n) is 2.05. The summed E-state index contributed by atoms with van der Waals surface area (Å²) in [7, 11) is 0. The minimum absolute atomic E-state index is 0.0883. The van der Waals surface area contributed by atoms with E-state index in [4.69, 9.17) is 22.1 Å². The lowest BCUT2D eigenvalue weighted by Crippen LogP contribution is -2.06. The standard InChI is InChI=1S/C12H5BrClF3N2.C5H3BrN2/c13-9-8(5-18)10(19-11(9)12(15,16)17)6-1-3-7(14)4-2-6;6-4-1-2-8-5(4)3-7/h1-4,19H;1-2,8H. The number of rotatable bonds is 1. The first-order chi connectivity index (χ1) is 12.7. The van der Waals surface area contributed by atoms with Crippen LogP contribution in [0.5, 0.6) is 0 Å². The average molecular weight is 521 g/mol. The second kappa shape index (κ2) is 8.66. The van der Waals surface area contributed by atoms with Gasteiger partial charge in [-0.1, -0.05) is 23.7 Å². The van der Waals surface area contributed by atoms with Crippen molar-refractivity contribution >= 4 is 43.5 Å². The Bertz CT molecular complexity index is 1020. The van der Waals surface area contributed by atoms with Crippen LogP contribution in [0.25, 0.3) is 11.3 Å². The number of hydrogen-bond donors (Lipinski definition) is 2. The van der Waals surface area contributed by atoms with Crippen LogP contribution in [0.1, 0.15) is 17.0 Å². The van der Waals surface area contributed by atoms with Crippen molar-refractivity contribution in [2.45, 2.75) is 6.18 Å². The number of aromatic amines is 2. The van der Waals surface area contributed by atoms with Gasteiger partial charge in [0, 0.05) is 11.2 Å². The van der Waals surface area contributed by atoms with Crippen molar-refractivity contribution in [3.8, 4) is 23.4 Å². The second-order valence-corrected chi connectivity index (χ2v) is 7.08. The van der Waals surface area contributed by atoms with Crippen molar-refractivity contribution in [2.24, 2.45) is 0 Å². The molecule has 0 saturated heterocycles. The smallest absolute Gasteiger partial charge is 0.352 e. The highest BCUT2D eigenvalue weighted by Crippen LogP contribution is 2.40. The Morgan fingerprint density at radius 3 is 2.04 bits per heavy atom. The van der Waals surface area contributed by atoms with E-state index in [1.165, 1.54) is 0 Å². The number of benzene rings is 1. The number of nitrogens with one attached hydrogen (secondary N) is 2. The Morgan fingerprint density at radius 2 is 1.63 bits per heavy atom. The van der Waals surface area contributed by atoms with E-state index in [2.05, 4.69) is 41.8 Å². The molecule has 10 heteroatoms. The minimum Gasteiger partial charge on any atom is -0.352 e. The van der Waals surface area contributed by atoms with Crippen LogP contribution in [-0.2, 0) is 6.18 Å². The molecule has 0 fully saturated rings. The Hall–Kier alpha value is -2.20. The largest absolute Gasteiger partial charge is 0.432 e. The van der Waals surface area contributed by atoms with E-state index >= 15 is 0 Å². The van der Waals surface area contributed by atoms with E-state index in [0.717, 1.165) is 4.47 Å². The van der Waals surface area contributed by atoms with Gasteiger partial charge in [0.15, 0.2) is 0 Å². The Balaban J connectivity index is 0.000000273. The summed E-state index contributed by atoms with van der Waals surface area (Å²) in [6.45, 7) is 0. The molecule has 3 rings (SSSR count). The molecule has 0 aliphatic carbocycles. The Labute approximate surface area is 173 Å². The number of halogens is 6. The van der Waals surface area contributed by atoms with E-state index in [1.807, 2.05) is 6.07 Å². The minimum atomic E-state index is -4.56. The van der Waals surface area contributed by atoms with E-state index in [-0.39, 0.29) is 15.7 Å². The number of nitrogens with zero attached hydrogens (tertiary/aromatic N) is 2. The summed E-state index contributed by atoms with van der Waals surface area (Å²) in [5.74, 6) is 0. The van der Waals surface area contributed by atoms with Crippen molar-refractivity contribution in [1.82, 2.24) is 9.97 Å². The highest BCUT2D eigenvalue weighted by atomic mass is 79.9. The van der Waals surface area contributed by atoms with Crippen LogP contribution in [0.4, 0.5) is 13.2 Å². The average Bonchev–Trinajstić information content (AvgIpc) is 3.18. The Kier molecular flexibility index (Phi) is 6.77. The van der Waals surface area contributed by atoms with Crippen molar-refractivity contribution in [1.29, 1.82) is 10.5 Å². The van der Waals surface area contributed by atoms with Gasteiger partial charge in [0.25, 0.3) is 0 Å². The predicted octanol–water partition coefficient (Wildman–Crippen LogP) is 6.64. The maximum Gasteiger partial charge on any atom is 0.432 e. The quantitative estimate of drug-likeness (QED) is 0.377. The first-order valence-electron chi connectivity index (χ1n) is 7.06. The first kappa shape index (κ1) is 21.1. The molecule has 138 valence electrons. The number of H-pyrrole nitrogens is 2. The fraction of sp³-hybridized carbons (Fsp3) is 0.0588. The van der Waals surface area contributed by atoms with Crippen molar-refractivity contribution in [3.63, 3.8) is 0 Å². The van der Waals surface area contributed by atoms with Crippen molar-refractivity contribution < 1.29 is 13.2 Å². The van der Waals surface area contributed by atoms with Gasteiger partial charge < -0.3 is 9.97 Å². The molecule has 4 nitrogen and oxygen atoms in total. The molecule has 0 saturated carbocycles. The maximum atomic E-state index is 12.8. The van der Waals surface area contributed by atoms with Crippen molar-refractivity contribution in [3.05, 3.63) is 67.4 Å². The van der Waals surface area contributed by atoms with Gasteiger partial charge in [-0.15, -0.1) is 0 Å². The molecule has 2 heterocycles. The molecule has 0 radical (unpaired) electrons. The first-order valence-corrected chi connectivity index (χ1v) is 9.03. The van der Waals surface area contributed by atoms with Gasteiger partial charge in [0.05, 0.1) is 20.2 Å². The maximum absolute atomic E-state index is 12.8. The van der Waals surface area contributed by atoms with E-state index in [9.17, 15) is 13.2 Å². The lowest BCUT2D eigenvalue weighted by molar-refractivity contribution is -0.141. The molecular formula is C17H8Br2ClF3N4. The molecule has 3 aromatic rings. The topological polar surface area (TPSA) is 79.2 Å². The molecule has 0 unspecified atom stereocenters. The Morgan fingerprint density at radius 1 is 1.00 bits per heavy atom. The SMILES string of the molecule is N#Cc1[nH]ccc1Br.N#Cc1c(-c2ccc(Cl)cc2)[nH]c(C(F)(F)F)c1Br. The molecule has 0 atom stereocenters. The summed E-state index contributed by atoms with van der Waals surface area (Å²) in [5.41, 5.74) is 0.0733. The van der Waals surface area contributed by atoms with Gasteiger partial charge in [-0.25, -0.2) is 0 Å². The van der Waals surface area contributed by atoms with Crippen LogP contribution in [0.15, 0.2) is 45.5 Å². The van der Waals surface area contributed by atoms with Gasteiger partial charge >= 0.3 is 6.18 Å². The predicted molar refractivity (Wildman–Crippen MR) is 102 cm³/mol. The molecule has 2 aromatic heterocycles. The van der Waals surface area contributed by atoms with Gasteiger partial charge in [0.1, 0.15) is 23.5 Å². The lowest BCUT2D eigenvalue weighted by atomic mass is 10.1. The molecule has 27 heavy (non-hydrogen) atoms. The third-order valence-corrected chi connectivity index (χ3v) is 4.98. The normalized spacial score (nSPS) is 10.5. The molecule has 0 aliphatic heterocycles. The zero-order valence-electron chi connectivity index (χ0n) is 13.1. The summed E-state index contributed by atoms with van der Waals surface area (Å²) in [5, 5.41) is 17.8. The van der Waals surface area contributed by atoms with Gasteiger partial charge in [-0.3, -0.25) is 0 Å². The van der Waals surface area contributed by atoms with E-state index < -0.39 is 11.9 Å². The van der Waals surface area contributed by atoms with Gasteiger partial charge in [-0.2, -0.15) is 23.7 Å². The summed E-state index contributed by atoms with van der Waals surface area (Å²) < 4.78 is 38.8. The summed E-state index contributed by atoms with van der Waals surface area (Å²) >= 11 is 11.7. The van der Waals surface area contributed by atoms with Gasteiger partial charge in [0.2, 0.25) is 0 Å². The molecule has 0 amide bonds. The number of hydrogen-bond acceptors (Lipinski definition) is 2. The summed E-state index contributed by atoms with van der Waals surface area (Å²) in [6.07, 6.45) is -2.85. The number of aromatic nitrogens is 2. The van der Waals surface area contributed by atoms with Crippen LogP contribution in [0.3, 0.4) is 0 Å². The molecular weight excluding hydrogens is 512 g/mol. The van der Waals surface area contributed by atoms with Crippen LogP contribution in [0, 0.1) is 22.7 Å². The summed E-state index contributed by atoms with van der Waals surface area (Å²) in [6, 6.07) is 11.7. The van der Waals surface area contributed by atoms with Gasteiger partial charge in [-0.05, 0) is 55.6 Å². The number of alkyl halides is 3. The van der Waals surface area contributed by atoms with Crippen LogP contribution < -0.4 is 0 Å². The zero-order chi connectivity index (χ0) is 20.2. The van der Waals surface area contributed by atoms with Crippen LogP contribution in [0.2, 0.25) is 5.02 Å². The molecule has 0 bridgehead atoms. The highest BCUT2D eigenvalue weighted by Gasteiger charge is 2.37. The highest BCUT2D eigenvalue weighted by molar-refractivity contribution is 9.10. The van der Waals surface area contributed by atoms with Crippen LogP contribution >= 0.6 is 43.5 Å².